The number of amides is 1. The van der Waals surface area contributed by atoms with Crippen LogP contribution in [-0.2, 0) is 18.4 Å². The molecule has 0 atom stereocenters. The fraction of sp³-hybridized carbons (Fsp3) is 0.625. The van der Waals surface area contributed by atoms with Crippen LogP contribution in [0.2, 0.25) is 0 Å². The molecule has 1 aromatic heterocycles. The van der Waals surface area contributed by atoms with Crippen molar-refractivity contribution >= 4 is 27.8 Å². The quantitative estimate of drug-likeness (QED) is 0.428. The number of carbonyl (C=O) groups is 1. The van der Waals surface area contributed by atoms with Gasteiger partial charge in [-0.15, -0.1) is 0 Å². The van der Waals surface area contributed by atoms with Gasteiger partial charge >= 0.3 is 0 Å². The number of carbonyl (C=O) groups excluding carboxylic acids is 1. The van der Waals surface area contributed by atoms with Crippen LogP contribution in [0, 0.1) is 5.92 Å². The lowest BCUT2D eigenvalue weighted by Gasteiger charge is -2.22. The molecule has 0 aliphatic heterocycles. The fourth-order valence-electron chi connectivity index (χ4n) is 2.06. The monoisotopic (exact) mass is 385 g/mol. The normalized spacial score (nSPS) is 11.7. The lowest BCUT2D eigenvalue weighted by molar-refractivity contribution is -0.123. The molecule has 0 aliphatic rings. The molecule has 130 valence electrons. The van der Waals surface area contributed by atoms with E-state index in [1.807, 2.05) is 41.1 Å². The van der Waals surface area contributed by atoms with E-state index in [2.05, 4.69) is 47.1 Å². The minimum absolute atomic E-state index is 0.00526. The van der Waals surface area contributed by atoms with Gasteiger partial charge in [-0.05, 0) is 28.9 Å². The highest BCUT2D eigenvalue weighted by Gasteiger charge is 2.10. The van der Waals surface area contributed by atoms with E-state index in [1.54, 1.807) is 0 Å². The average molecular weight is 386 g/mol. The van der Waals surface area contributed by atoms with Crippen molar-refractivity contribution in [3.63, 3.8) is 0 Å². The first-order valence-corrected chi connectivity index (χ1v) is 8.72. The molecule has 0 bridgehead atoms. The maximum atomic E-state index is 11.5. The van der Waals surface area contributed by atoms with Crippen molar-refractivity contribution < 1.29 is 4.79 Å². The Bertz CT molecular complexity index is 539. The summed E-state index contributed by atoms with van der Waals surface area (Å²) in [5.41, 5.74) is 1.19. The van der Waals surface area contributed by atoms with Crippen LogP contribution in [0.3, 0.4) is 0 Å². The van der Waals surface area contributed by atoms with Crippen LogP contribution in [0.5, 0.6) is 0 Å². The highest BCUT2D eigenvalue weighted by molar-refractivity contribution is 9.10. The minimum Gasteiger partial charge on any atom is -0.357 e. The highest BCUT2D eigenvalue weighted by atomic mass is 79.9. The van der Waals surface area contributed by atoms with Crippen molar-refractivity contribution in [1.29, 1.82) is 0 Å². The van der Waals surface area contributed by atoms with Crippen LogP contribution in [0.25, 0.3) is 0 Å². The van der Waals surface area contributed by atoms with Gasteiger partial charge in [-0.3, -0.25) is 9.79 Å². The Hall–Kier alpha value is -1.50. The van der Waals surface area contributed by atoms with E-state index in [-0.39, 0.29) is 11.8 Å². The zero-order valence-electron chi connectivity index (χ0n) is 14.7. The van der Waals surface area contributed by atoms with Gasteiger partial charge in [0.15, 0.2) is 5.96 Å². The lowest BCUT2D eigenvalue weighted by atomic mass is 10.2. The second-order valence-corrected chi connectivity index (χ2v) is 6.71. The first kappa shape index (κ1) is 19.5. The molecule has 2 N–H and O–H groups in total. The summed E-state index contributed by atoms with van der Waals surface area (Å²) in [7, 11) is 4.04. The van der Waals surface area contributed by atoms with E-state index in [0.29, 0.717) is 13.1 Å². The molecule has 1 aromatic rings. The maximum absolute atomic E-state index is 11.5. The Morgan fingerprint density at radius 2 is 2.13 bits per heavy atom. The third-order valence-corrected chi connectivity index (χ3v) is 3.80. The van der Waals surface area contributed by atoms with E-state index in [0.717, 1.165) is 23.5 Å². The molecule has 7 heteroatoms. The summed E-state index contributed by atoms with van der Waals surface area (Å²) in [6, 6.07) is 2.10. The van der Waals surface area contributed by atoms with E-state index in [4.69, 9.17) is 0 Å². The second kappa shape index (κ2) is 9.60. The molecule has 6 nitrogen and oxygen atoms in total. The molecule has 0 saturated carbocycles. The molecule has 23 heavy (non-hydrogen) atoms. The fourth-order valence-corrected chi connectivity index (χ4v) is 2.63. The third kappa shape index (κ3) is 6.64. The standard InChI is InChI=1S/C16H28BrN5O/c1-6-18-16(20-8-7-19-15(23)12(2)3)22(5)11-14-9-13(17)10-21(14)4/h9-10,12H,6-8,11H2,1-5H3,(H,18,20)(H,19,23). The molecule has 0 aromatic carbocycles. The Labute approximate surface area is 147 Å². The molecule has 0 aliphatic carbocycles. The number of nitrogens with one attached hydrogen (secondary N) is 2. The van der Waals surface area contributed by atoms with Crippen molar-refractivity contribution in [3.8, 4) is 0 Å². The number of rotatable bonds is 7. The number of hydrogen-bond donors (Lipinski definition) is 2. The Morgan fingerprint density at radius 3 is 2.65 bits per heavy atom. The predicted octanol–water partition coefficient (Wildman–Crippen LogP) is 1.96. The van der Waals surface area contributed by atoms with Crippen LogP contribution < -0.4 is 10.6 Å². The first-order chi connectivity index (χ1) is 10.8. The van der Waals surface area contributed by atoms with E-state index in [1.165, 1.54) is 5.69 Å². The Morgan fingerprint density at radius 1 is 1.43 bits per heavy atom. The lowest BCUT2D eigenvalue weighted by Crippen LogP contribution is -2.39. The van der Waals surface area contributed by atoms with Crippen LogP contribution in [-0.4, -0.2) is 48.0 Å². The van der Waals surface area contributed by atoms with Gasteiger partial charge in [0.1, 0.15) is 0 Å². The number of hydrogen-bond acceptors (Lipinski definition) is 2. The number of guanidine groups is 1. The molecule has 1 rings (SSSR count). The molecular formula is C16H28BrN5O. The number of aromatic nitrogens is 1. The van der Waals surface area contributed by atoms with E-state index in [9.17, 15) is 4.79 Å². The Kier molecular flexibility index (Phi) is 8.16. The number of halogens is 1. The van der Waals surface area contributed by atoms with Crippen molar-refractivity contribution in [3.05, 3.63) is 22.4 Å². The molecule has 0 saturated heterocycles. The van der Waals surface area contributed by atoms with Gasteiger partial charge in [-0.2, -0.15) is 0 Å². The van der Waals surface area contributed by atoms with Crippen molar-refractivity contribution in [2.75, 3.05) is 26.7 Å². The van der Waals surface area contributed by atoms with Crippen LogP contribution in [0.4, 0.5) is 0 Å². The number of aliphatic imine (C=N–C) groups is 1. The molecule has 0 spiro atoms. The first-order valence-electron chi connectivity index (χ1n) is 7.93. The highest BCUT2D eigenvalue weighted by Crippen LogP contribution is 2.14. The summed E-state index contributed by atoms with van der Waals surface area (Å²) in [5, 5.41) is 6.16. The van der Waals surface area contributed by atoms with Crippen LogP contribution in [0.15, 0.2) is 21.7 Å². The van der Waals surface area contributed by atoms with Gasteiger partial charge in [0.2, 0.25) is 5.91 Å². The van der Waals surface area contributed by atoms with Gasteiger partial charge in [0.25, 0.3) is 0 Å². The topological polar surface area (TPSA) is 61.7 Å². The van der Waals surface area contributed by atoms with Gasteiger partial charge in [-0.1, -0.05) is 13.8 Å². The number of aryl methyl sites for hydroxylation is 1. The van der Waals surface area contributed by atoms with Crippen molar-refractivity contribution in [1.82, 2.24) is 20.1 Å². The molecule has 0 fully saturated rings. The Balaban J connectivity index is 2.59. The van der Waals surface area contributed by atoms with Crippen LogP contribution >= 0.6 is 15.9 Å². The minimum atomic E-state index is 0.00526. The predicted molar refractivity (Wildman–Crippen MR) is 98.4 cm³/mol. The second-order valence-electron chi connectivity index (χ2n) is 5.80. The van der Waals surface area contributed by atoms with Gasteiger partial charge in [0.05, 0.1) is 13.1 Å². The molecule has 1 heterocycles. The largest absolute Gasteiger partial charge is 0.357 e. The van der Waals surface area contributed by atoms with E-state index < -0.39 is 0 Å². The van der Waals surface area contributed by atoms with Gasteiger partial charge < -0.3 is 20.1 Å². The summed E-state index contributed by atoms with van der Waals surface area (Å²) >= 11 is 3.49. The molecule has 0 radical (unpaired) electrons. The summed E-state index contributed by atoms with van der Waals surface area (Å²) in [4.78, 5) is 18.2. The van der Waals surface area contributed by atoms with Crippen molar-refractivity contribution in [2.24, 2.45) is 18.0 Å². The maximum Gasteiger partial charge on any atom is 0.222 e. The summed E-state index contributed by atoms with van der Waals surface area (Å²) in [6.45, 7) is 8.48. The molecule has 0 unspecified atom stereocenters. The molecule has 1 amide bonds. The van der Waals surface area contributed by atoms with Gasteiger partial charge in [-0.25, -0.2) is 0 Å². The third-order valence-electron chi connectivity index (χ3n) is 3.37. The summed E-state index contributed by atoms with van der Waals surface area (Å²) in [6.07, 6.45) is 2.04. The molecular weight excluding hydrogens is 358 g/mol. The average Bonchev–Trinajstić information content (AvgIpc) is 2.79. The van der Waals surface area contributed by atoms with E-state index >= 15 is 0 Å². The van der Waals surface area contributed by atoms with Gasteiger partial charge in [0, 0.05) is 49.5 Å². The summed E-state index contributed by atoms with van der Waals surface area (Å²) in [5.74, 6) is 0.904. The zero-order valence-corrected chi connectivity index (χ0v) is 16.3. The van der Waals surface area contributed by atoms with Crippen LogP contribution in [0.1, 0.15) is 26.5 Å². The number of nitrogens with zero attached hydrogens (tertiary/aromatic N) is 3. The zero-order chi connectivity index (χ0) is 17.4. The summed E-state index contributed by atoms with van der Waals surface area (Å²) < 4.78 is 3.16. The SMILES string of the molecule is CCNC(=NCCNC(=O)C(C)C)N(C)Cc1cc(Br)cn1C. The van der Waals surface area contributed by atoms with Crippen molar-refractivity contribution in [2.45, 2.75) is 27.3 Å². The smallest absolute Gasteiger partial charge is 0.222 e.